The molecule has 0 spiro atoms. The molecule has 0 aliphatic heterocycles. The maximum absolute atomic E-state index is 2.92. The molecule has 0 aromatic heterocycles. The first-order chi connectivity index (χ1) is 8.54. The Kier molecular flexibility index (Phi) is 35.3. The predicted molar refractivity (Wildman–Crippen MR) is 87.4 cm³/mol. The fourth-order valence-electron chi connectivity index (χ4n) is 2.27. The molecule has 0 atom stereocenters. The SMILES string of the molecule is CCC=C(CC)P(C(C)C)C(C)C.[C-]1=CCC=C1.[Cl-].[Cl-].[Cl-].[Zr+4]. The third-order valence-electron chi connectivity index (χ3n) is 2.83. The Hall–Kier alpha value is 1.40. The maximum atomic E-state index is 2.92. The van der Waals surface area contributed by atoms with Crippen LogP contribution >= 0.6 is 7.92 Å². The molecule has 0 aromatic carbocycles. The van der Waals surface area contributed by atoms with Gasteiger partial charge in [0, 0.05) is 0 Å². The Bertz CT molecular complexity index is 282. The molecular formula is C17H30Cl3PZr. The van der Waals surface area contributed by atoms with Crippen molar-refractivity contribution in [2.24, 2.45) is 0 Å². The summed E-state index contributed by atoms with van der Waals surface area (Å²) in [5.74, 6) is 0. The van der Waals surface area contributed by atoms with Gasteiger partial charge in [-0.25, -0.2) is 12.2 Å². The van der Waals surface area contributed by atoms with Gasteiger partial charge in [-0.15, -0.1) is 6.42 Å². The second-order valence-corrected chi connectivity index (χ2v) is 8.52. The van der Waals surface area contributed by atoms with E-state index in [1.807, 2.05) is 12.2 Å². The molecule has 0 N–H and O–H groups in total. The molecule has 1 aliphatic carbocycles. The van der Waals surface area contributed by atoms with Gasteiger partial charge in [-0.2, -0.15) is 6.08 Å². The molecule has 0 saturated carbocycles. The summed E-state index contributed by atoms with van der Waals surface area (Å²) in [6.45, 7) is 14.0. The standard InChI is InChI=1S/C12H25P.C5H5.3ClH.Zr/c1-7-9-12(8-2)13(10(3)4)11(5)6;1-2-4-5-3-1;;;;/h9-11H,7-8H2,1-6H3;1-2,5H,3H2;3*1H;/q;-1;;;;+4/p-3. The van der Waals surface area contributed by atoms with Crippen molar-refractivity contribution < 1.29 is 63.4 Å². The molecule has 0 fully saturated rings. The van der Waals surface area contributed by atoms with Gasteiger partial charge in [0.25, 0.3) is 0 Å². The first-order valence-electron chi connectivity index (χ1n) is 7.24. The molecule has 5 heteroatoms. The fourth-order valence-corrected chi connectivity index (χ4v) is 5.55. The quantitative estimate of drug-likeness (QED) is 0.308. The second-order valence-electron chi connectivity index (χ2n) is 5.06. The summed E-state index contributed by atoms with van der Waals surface area (Å²) in [6, 6.07) is 0. The predicted octanol–water partition coefficient (Wildman–Crippen LogP) is -2.70. The first-order valence-corrected chi connectivity index (χ1v) is 8.72. The van der Waals surface area contributed by atoms with Crippen LogP contribution in [0.3, 0.4) is 0 Å². The van der Waals surface area contributed by atoms with Gasteiger partial charge in [-0.1, -0.05) is 55.5 Å². The van der Waals surface area contributed by atoms with E-state index in [9.17, 15) is 0 Å². The van der Waals surface area contributed by atoms with Crippen LogP contribution in [0.25, 0.3) is 0 Å². The molecule has 0 radical (unpaired) electrons. The van der Waals surface area contributed by atoms with Gasteiger partial charge < -0.3 is 37.2 Å². The van der Waals surface area contributed by atoms with Crippen LogP contribution in [-0.2, 0) is 26.2 Å². The van der Waals surface area contributed by atoms with Crippen molar-refractivity contribution in [2.75, 3.05) is 0 Å². The smallest absolute Gasteiger partial charge is 1.00 e. The van der Waals surface area contributed by atoms with E-state index in [-0.39, 0.29) is 71.3 Å². The summed E-state index contributed by atoms with van der Waals surface area (Å²) in [5, 5.41) is 1.72. The van der Waals surface area contributed by atoms with Crippen molar-refractivity contribution in [1.29, 1.82) is 0 Å². The zero-order valence-electron chi connectivity index (χ0n) is 14.7. The zero-order chi connectivity index (χ0) is 14.0. The molecule has 0 heterocycles. The molecule has 1 rings (SSSR count). The molecular weight excluding hydrogens is 433 g/mol. The van der Waals surface area contributed by atoms with E-state index in [0.717, 1.165) is 17.7 Å². The normalized spacial score (nSPS) is 12.0. The van der Waals surface area contributed by atoms with Crippen LogP contribution in [0, 0.1) is 6.08 Å². The summed E-state index contributed by atoms with van der Waals surface area (Å²) in [6.07, 6.45) is 14.9. The van der Waals surface area contributed by atoms with Gasteiger partial charge >= 0.3 is 26.2 Å². The van der Waals surface area contributed by atoms with Crippen LogP contribution in [0.15, 0.2) is 29.6 Å². The van der Waals surface area contributed by atoms with Crippen molar-refractivity contribution in [3.63, 3.8) is 0 Å². The maximum Gasteiger partial charge on any atom is 4.00 e. The molecule has 0 unspecified atom stereocenters. The van der Waals surface area contributed by atoms with E-state index < -0.39 is 0 Å². The minimum Gasteiger partial charge on any atom is -1.00 e. The van der Waals surface area contributed by atoms with Crippen LogP contribution in [0.1, 0.15) is 60.8 Å². The van der Waals surface area contributed by atoms with Gasteiger partial charge in [-0.3, -0.25) is 6.08 Å². The van der Waals surface area contributed by atoms with Crippen molar-refractivity contribution in [2.45, 2.75) is 72.1 Å². The number of hydrogen-bond acceptors (Lipinski definition) is 0. The van der Waals surface area contributed by atoms with E-state index in [4.69, 9.17) is 0 Å². The second kappa shape index (κ2) is 22.4. The Morgan fingerprint density at radius 2 is 1.59 bits per heavy atom. The van der Waals surface area contributed by atoms with E-state index in [2.05, 4.69) is 59.8 Å². The summed E-state index contributed by atoms with van der Waals surface area (Å²) < 4.78 is 0. The van der Waals surface area contributed by atoms with Gasteiger partial charge in [0.1, 0.15) is 0 Å². The monoisotopic (exact) mass is 460 g/mol. The molecule has 0 amide bonds. The average Bonchev–Trinajstić information content (AvgIpc) is 2.85. The first kappa shape index (κ1) is 34.7. The molecule has 1 aliphatic rings. The number of halogens is 3. The molecule has 0 bridgehead atoms. The number of allylic oxidation sites excluding steroid dienone is 6. The van der Waals surface area contributed by atoms with Gasteiger partial charge in [0.05, 0.1) is 0 Å². The van der Waals surface area contributed by atoms with Crippen LogP contribution in [0.4, 0.5) is 0 Å². The third-order valence-corrected chi connectivity index (χ3v) is 6.22. The van der Waals surface area contributed by atoms with Crippen molar-refractivity contribution in [1.82, 2.24) is 0 Å². The number of rotatable bonds is 5. The van der Waals surface area contributed by atoms with Crippen LogP contribution < -0.4 is 37.2 Å². The molecule has 0 nitrogen and oxygen atoms in total. The van der Waals surface area contributed by atoms with E-state index in [1.54, 1.807) is 5.31 Å². The number of hydrogen-bond donors (Lipinski definition) is 0. The largest absolute Gasteiger partial charge is 4.00 e. The van der Waals surface area contributed by atoms with Gasteiger partial charge in [0.2, 0.25) is 0 Å². The van der Waals surface area contributed by atoms with E-state index >= 15 is 0 Å². The van der Waals surface area contributed by atoms with Crippen molar-refractivity contribution in [3.8, 4) is 0 Å². The van der Waals surface area contributed by atoms with Crippen molar-refractivity contribution in [3.05, 3.63) is 35.7 Å². The van der Waals surface area contributed by atoms with Crippen LogP contribution in [-0.4, -0.2) is 11.3 Å². The van der Waals surface area contributed by atoms with E-state index in [0.29, 0.717) is 0 Å². The molecule has 0 aromatic rings. The molecule has 0 saturated heterocycles. The molecule has 128 valence electrons. The van der Waals surface area contributed by atoms with E-state index in [1.165, 1.54) is 12.8 Å². The summed E-state index contributed by atoms with van der Waals surface area (Å²) in [7, 11) is 0.113. The Balaban J connectivity index is -0.0000000922. The minimum atomic E-state index is 0. The van der Waals surface area contributed by atoms with Gasteiger partial charge in [-0.05, 0) is 29.5 Å². The summed E-state index contributed by atoms with van der Waals surface area (Å²) in [4.78, 5) is 0. The fraction of sp³-hybridized carbons (Fsp3) is 0.647. The summed E-state index contributed by atoms with van der Waals surface area (Å²) >= 11 is 0. The third kappa shape index (κ3) is 16.3. The van der Waals surface area contributed by atoms with Crippen LogP contribution in [0.2, 0.25) is 0 Å². The Labute approximate surface area is 178 Å². The Morgan fingerprint density at radius 3 is 1.77 bits per heavy atom. The Morgan fingerprint density at radius 1 is 1.09 bits per heavy atom. The zero-order valence-corrected chi connectivity index (χ0v) is 20.3. The van der Waals surface area contributed by atoms with Crippen LogP contribution in [0.5, 0.6) is 0 Å². The summed E-state index contributed by atoms with van der Waals surface area (Å²) in [5.41, 5.74) is 1.68. The minimum absolute atomic E-state index is 0. The topological polar surface area (TPSA) is 0 Å². The molecule has 22 heavy (non-hydrogen) atoms. The van der Waals surface area contributed by atoms with Gasteiger partial charge in [0.15, 0.2) is 0 Å². The van der Waals surface area contributed by atoms with Crippen molar-refractivity contribution >= 4 is 7.92 Å². The average molecular weight is 463 g/mol.